The number of nitrogens with zero attached hydrogens (tertiary/aromatic N) is 1. The van der Waals surface area contributed by atoms with E-state index < -0.39 is 12.1 Å². The van der Waals surface area contributed by atoms with Gasteiger partial charge in [0.1, 0.15) is 19.6 Å². The van der Waals surface area contributed by atoms with Crippen LogP contribution in [0.3, 0.4) is 0 Å². The van der Waals surface area contributed by atoms with Gasteiger partial charge in [0.05, 0.1) is 18.8 Å². The van der Waals surface area contributed by atoms with Crippen LogP contribution in [0.5, 0.6) is 0 Å². The summed E-state index contributed by atoms with van der Waals surface area (Å²) in [4.78, 5) is 27.9. The molecule has 0 saturated carbocycles. The van der Waals surface area contributed by atoms with Crippen molar-refractivity contribution in [2.75, 3.05) is 38.3 Å². The van der Waals surface area contributed by atoms with E-state index in [4.69, 9.17) is 9.47 Å². The molecule has 1 atom stereocenters. The summed E-state index contributed by atoms with van der Waals surface area (Å²) in [7, 11) is 1.67. The van der Waals surface area contributed by atoms with Crippen molar-refractivity contribution in [3.8, 4) is 0 Å². The Morgan fingerprint density at radius 2 is 1.71 bits per heavy atom. The molecule has 28 heavy (non-hydrogen) atoms. The molecular formula is C22H27N2O4+. The van der Waals surface area contributed by atoms with Gasteiger partial charge in [-0.2, -0.15) is 0 Å². The number of esters is 1. The van der Waals surface area contributed by atoms with E-state index in [1.807, 2.05) is 42.5 Å². The van der Waals surface area contributed by atoms with Gasteiger partial charge in [0.25, 0.3) is 5.91 Å². The Balaban J connectivity index is 1.55. The number of hydrogen-bond acceptors (Lipinski definition) is 4. The zero-order valence-corrected chi connectivity index (χ0v) is 16.4. The van der Waals surface area contributed by atoms with E-state index >= 15 is 0 Å². The van der Waals surface area contributed by atoms with Crippen molar-refractivity contribution in [1.29, 1.82) is 0 Å². The number of carbonyl (C=O) groups excluding carboxylic acids is 2. The average Bonchev–Trinajstić information content (AvgIpc) is 2.74. The molecule has 6 nitrogen and oxygen atoms in total. The first-order chi connectivity index (χ1) is 13.5. The van der Waals surface area contributed by atoms with E-state index in [0.29, 0.717) is 5.56 Å². The minimum atomic E-state index is -0.866. The SMILES string of the molecule is C[C@@H](OC(=O)c1ccc(C[NH+]2CCOCC2)cc1)C(=O)N(C)c1ccccc1. The molecule has 1 heterocycles. The number of anilines is 1. The van der Waals surface area contributed by atoms with Crippen molar-refractivity contribution in [3.05, 3.63) is 65.7 Å². The molecule has 0 bridgehead atoms. The van der Waals surface area contributed by atoms with Gasteiger partial charge < -0.3 is 19.3 Å². The van der Waals surface area contributed by atoms with Crippen molar-refractivity contribution in [3.63, 3.8) is 0 Å². The van der Waals surface area contributed by atoms with Gasteiger partial charge in [0.2, 0.25) is 0 Å². The summed E-state index contributed by atoms with van der Waals surface area (Å²) in [5.74, 6) is -0.764. The molecule has 0 unspecified atom stereocenters. The largest absolute Gasteiger partial charge is 0.449 e. The molecule has 0 spiro atoms. The van der Waals surface area contributed by atoms with Crippen LogP contribution in [0.4, 0.5) is 5.69 Å². The van der Waals surface area contributed by atoms with Crippen LogP contribution in [0.25, 0.3) is 0 Å². The zero-order valence-electron chi connectivity index (χ0n) is 16.4. The summed E-state index contributed by atoms with van der Waals surface area (Å²) in [6.07, 6.45) is -0.866. The molecule has 1 N–H and O–H groups in total. The maximum Gasteiger partial charge on any atom is 0.338 e. The van der Waals surface area contributed by atoms with Crippen molar-refractivity contribution < 1.29 is 24.0 Å². The number of likely N-dealkylation sites (N-methyl/N-ethyl adjacent to an activating group) is 1. The Bertz CT molecular complexity index is 786. The van der Waals surface area contributed by atoms with Crippen molar-refractivity contribution >= 4 is 17.6 Å². The number of para-hydroxylation sites is 1. The summed E-state index contributed by atoms with van der Waals surface area (Å²) >= 11 is 0. The average molecular weight is 383 g/mol. The summed E-state index contributed by atoms with van der Waals surface area (Å²) in [5, 5.41) is 0. The molecular weight excluding hydrogens is 356 g/mol. The molecule has 2 aromatic carbocycles. The van der Waals surface area contributed by atoms with Crippen LogP contribution < -0.4 is 9.80 Å². The summed E-state index contributed by atoms with van der Waals surface area (Å²) < 4.78 is 10.8. The van der Waals surface area contributed by atoms with Crippen LogP contribution in [0.1, 0.15) is 22.8 Å². The smallest absolute Gasteiger partial charge is 0.338 e. The molecule has 1 fully saturated rings. The molecule has 1 saturated heterocycles. The third kappa shape index (κ3) is 5.18. The second-order valence-corrected chi connectivity index (χ2v) is 7.02. The van der Waals surface area contributed by atoms with Crippen LogP contribution in [0.15, 0.2) is 54.6 Å². The molecule has 1 amide bonds. The normalized spacial score (nSPS) is 15.6. The van der Waals surface area contributed by atoms with Gasteiger partial charge in [0.15, 0.2) is 6.10 Å². The highest BCUT2D eigenvalue weighted by Gasteiger charge is 2.23. The molecule has 1 aliphatic heterocycles. The van der Waals surface area contributed by atoms with Gasteiger partial charge >= 0.3 is 5.97 Å². The first kappa shape index (κ1) is 20.0. The number of carbonyl (C=O) groups is 2. The van der Waals surface area contributed by atoms with E-state index in [1.165, 1.54) is 15.4 Å². The first-order valence-electron chi connectivity index (χ1n) is 9.58. The number of hydrogen-bond donors (Lipinski definition) is 1. The standard InChI is InChI=1S/C22H26N2O4/c1-17(21(25)23(2)20-6-4-3-5-7-20)28-22(26)19-10-8-18(9-11-19)16-24-12-14-27-15-13-24/h3-11,17H,12-16H2,1-2H3/p+1/t17-/m1/s1. The van der Waals surface area contributed by atoms with Crippen molar-refractivity contribution in [2.45, 2.75) is 19.6 Å². The Morgan fingerprint density at radius 1 is 1.07 bits per heavy atom. The Labute approximate surface area is 165 Å². The zero-order chi connectivity index (χ0) is 19.9. The third-order valence-electron chi connectivity index (χ3n) is 4.95. The Kier molecular flexibility index (Phi) is 6.79. The highest BCUT2D eigenvalue weighted by Crippen LogP contribution is 2.14. The van der Waals surface area contributed by atoms with Gasteiger partial charge in [0, 0.05) is 18.3 Å². The topological polar surface area (TPSA) is 60.3 Å². The van der Waals surface area contributed by atoms with Gasteiger partial charge in [-0.15, -0.1) is 0 Å². The lowest BCUT2D eigenvalue weighted by atomic mass is 10.1. The molecule has 148 valence electrons. The fourth-order valence-electron chi connectivity index (χ4n) is 3.21. The minimum Gasteiger partial charge on any atom is -0.449 e. The molecule has 3 rings (SSSR count). The fourth-order valence-corrected chi connectivity index (χ4v) is 3.21. The lowest BCUT2D eigenvalue weighted by Gasteiger charge is -2.23. The molecule has 0 radical (unpaired) electrons. The number of benzene rings is 2. The first-order valence-corrected chi connectivity index (χ1v) is 9.58. The Hall–Kier alpha value is -2.70. The molecule has 0 aliphatic carbocycles. The number of quaternary nitrogens is 1. The second kappa shape index (κ2) is 9.48. The predicted molar refractivity (Wildman–Crippen MR) is 106 cm³/mol. The fraction of sp³-hybridized carbons (Fsp3) is 0.364. The van der Waals surface area contributed by atoms with Crippen molar-refractivity contribution in [2.24, 2.45) is 0 Å². The van der Waals surface area contributed by atoms with E-state index in [-0.39, 0.29) is 5.91 Å². The summed E-state index contributed by atoms with van der Waals surface area (Å²) in [6.45, 7) is 6.09. The number of morpholine rings is 1. The number of nitrogens with one attached hydrogen (secondary N) is 1. The summed E-state index contributed by atoms with van der Waals surface area (Å²) in [6, 6.07) is 16.7. The summed E-state index contributed by atoms with van der Waals surface area (Å²) in [5.41, 5.74) is 2.37. The van der Waals surface area contributed by atoms with Gasteiger partial charge in [-0.1, -0.05) is 30.3 Å². The predicted octanol–water partition coefficient (Wildman–Crippen LogP) is 1.31. The number of amides is 1. The lowest BCUT2D eigenvalue weighted by Crippen LogP contribution is -3.12. The molecule has 2 aromatic rings. The lowest BCUT2D eigenvalue weighted by molar-refractivity contribution is -0.921. The van der Waals surface area contributed by atoms with Crippen molar-refractivity contribution in [1.82, 2.24) is 0 Å². The third-order valence-corrected chi connectivity index (χ3v) is 4.95. The van der Waals surface area contributed by atoms with Crippen LogP contribution >= 0.6 is 0 Å². The maximum absolute atomic E-state index is 12.5. The van der Waals surface area contributed by atoms with Crippen LogP contribution in [0, 0.1) is 0 Å². The Morgan fingerprint density at radius 3 is 2.36 bits per heavy atom. The van der Waals surface area contributed by atoms with E-state index in [9.17, 15) is 9.59 Å². The van der Waals surface area contributed by atoms with Crippen LogP contribution in [0.2, 0.25) is 0 Å². The van der Waals surface area contributed by atoms with Gasteiger partial charge in [-0.05, 0) is 31.2 Å². The quantitative estimate of drug-likeness (QED) is 0.764. The highest BCUT2D eigenvalue weighted by molar-refractivity contribution is 5.98. The number of ether oxygens (including phenoxy) is 2. The van der Waals surface area contributed by atoms with E-state index in [0.717, 1.165) is 38.5 Å². The van der Waals surface area contributed by atoms with Gasteiger partial charge in [-0.25, -0.2) is 4.79 Å². The molecule has 0 aromatic heterocycles. The number of rotatable bonds is 6. The highest BCUT2D eigenvalue weighted by atomic mass is 16.5. The molecule has 1 aliphatic rings. The minimum absolute atomic E-state index is 0.271. The van der Waals surface area contributed by atoms with Gasteiger partial charge in [-0.3, -0.25) is 4.79 Å². The maximum atomic E-state index is 12.5. The monoisotopic (exact) mass is 383 g/mol. The molecule has 6 heteroatoms. The van der Waals surface area contributed by atoms with E-state index in [2.05, 4.69) is 0 Å². The van der Waals surface area contributed by atoms with Crippen LogP contribution in [-0.2, 0) is 20.8 Å². The van der Waals surface area contributed by atoms with E-state index in [1.54, 1.807) is 26.1 Å². The van der Waals surface area contributed by atoms with Crippen LogP contribution in [-0.4, -0.2) is 51.3 Å². The second-order valence-electron chi connectivity index (χ2n) is 7.02.